The number of hydrogen-bond acceptors (Lipinski definition) is 2. The number of aryl methyl sites for hydroxylation is 1. The van der Waals surface area contributed by atoms with E-state index in [9.17, 15) is 0 Å². The number of methoxy groups -OCH3 is 1. The fourth-order valence-electron chi connectivity index (χ4n) is 1.65. The van der Waals surface area contributed by atoms with Gasteiger partial charge in [0.25, 0.3) is 0 Å². The van der Waals surface area contributed by atoms with Crippen LogP contribution in [0.3, 0.4) is 0 Å². The Kier molecular flexibility index (Phi) is 4.11. The molecular weight excluding hydrogens is 174 g/mol. The average molecular weight is 193 g/mol. The van der Waals surface area contributed by atoms with Crippen molar-refractivity contribution in [1.82, 2.24) is 5.32 Å². The van der Waals surface area contributed by atoms with Crippen LogP contribution >= 0.6 is 0 Å². The van der Waals surface area contributed by atoms with Crippen LogP contribution < -0.4 is 5.32 Å². The molecule has 0 bridgehead atoms. The minimum atomic E-state index is 0.292. The minimum Gasteiger partial charge on any atom is -0.383 e. The fourth-order valence-corrected chi connectivity index (χ4v) is 1.65. The van der Waals surface area contributed by atoms with Crippen LogP contribution in [-0.2, 0) is 4.74 Å². The highest BCUT2D eigenvalue weighted by molar-refractivity contribution is 5.35. The van der Waals surface area contributed by atoms with Crippen molar-refractivity contribution in [2.45, 2.75) is 19.9 Å². The highest BCUT2D eigenvalue weighted by Crippen LogP contribution is 2.20. The maximum absolute atomic E-state index is 5.18. The summed E-state index contributed by atoms with van der Waals surface area (Å²) in [4.78, 5) is 0. The molecule has 0 saturated heterocycles. The van der Waals surface area contributed by atoms with Crippen molar-refractivity contribution in [2.24, 2.45) is 0 Å². The molecule has 0 amide bonds. The van der Waals surface area contributed by atoms with Crippen LogP contribution in [0, 0.1) is 13.8 Å². The van der Waals surface area contributed by atoms with E-state index in [1.54, 1.807) is 7.11 Å². The fraction of sp³-hybridized carbons (Fsp3) is 0.500. The summed E-state index contributed by atoms with van der Waals surface area (Å²) < 4.78 is 5.18. The van der Waals surface area contributed by atoms with E-state index in [0.29, 0.717) is 12.6 Å². The predicted octanol–water partition coefficient (Wildman–Crippen LogP) is 2.21. The zero-order valence-corrected chi connectivity index (χ0v) is 9.42. The summed E-state index contributed by atoms with van der Waals surface area (Å²) >= 11 is 0. The van der Waals surface area contributed by atoms with Gasteiger partial charge in [0, 0.05) is 7.11 Å². The summed E-state index contributed by atoms with van der Waals surface area (Å²) in [6, 6.07) is 6.68. The Morgan fingerprint density at radius 1 is 1.36 bits per heavy atom. The molecule has 2 heteroatoms. The van der Waals surface area contributed by atoms with Crippen LogP contribution in [0.1, 0.15) is 22.7 Å². The van der Waals surface area contributed by atoms with E-state index in [1.165, 1.54) is 16.7 Å². The molecule has 1 aromatic carbocycles. The van der Waals surface area contributed by atoms with E-state index >= 15 is 0 Å². The summed E-state index contributed by atoms with van der Waals surface area (Å²) in [5.74, 6) is 0. The van der Waals surface area contributed by atoms with Gasteiger partial charge >= 0.3 is 0 Å². The van der Waals surface area contributed by atoms with Gasteiger partial charge in [-0.1, -0.05) is 18.2 Å². The summed E-state index contributed by atoms with van der Waals surface area (Å²) in [6.07, 6.45) is 0. The van der Waals surface area contributed by atoms with Gasteiger partial charge in [0.05, 0.1) is 12.6 Å². The predicted molar refractivity (Wildman–Crippen MR) is 59.6 cm³/mol. The third kappa shape index (κ3) is 2.34. The van der Waals surface area contributed by atoms with E-state index in [0.717, 1.165) is 0 Å². The standard InChI is InChI=1S/C12H19NO/c1-9-6-5-7-11(10(9)2)12(13-3)8-14-4/h5-7,12-13H,8H2,1-4H3. The van der Waals surface area contributed by atoms with E-state index in [1.807, 2.05) is 7.05 Å². The molecule has 1 aromatic rings. The van der Waals surface area contributed by atoms with Gasteiger partial charge in [-0.25, -0.2) is 0 Å². The third-order valence-electron chi connectivity index (χ3n) is 2.70. The molecule has 2 nitrogen and oxygen atoms in total. The molecular formula is C12H19NO. The Hall–Kier alpha value is -0.860. The number of ether oxygens (including phenoxy) is 1. The highest BCUT2D eigenvalue weighted by atomic mass is 16.5. The molecule has 0 spiro atoms. The minimum absolute atomic E-state index is 0.292. The first kappa shape index (κ1) is 11.2. The molecule has 0 aliphatic carbocycles. The maximum Gasteiger partial charge on any atom is 0.0657 e. The van der Waals surface area contributed by atoms with Gasteiger partial charge in [0.1, 0.15) is 0 Å². The summed E-state index contributed by atoms with van der Waals surface area (Å²) in [5, 5.41) is 3.26. The van der Waals surface area contributed by atoms with Gasteiger partial charge in [-0.3, -0.25) is 0 Å². The number of rotatable bonds is 4. The van der Waals surface area contributed by atoms with Gasteiger partial charge in [0.2, 0.25) is 0 Å². The maximum atomic E-state index is 5.18. The number of hydrogen-bond donors (Lipinski definition) is 1. The monoisotopic (exact) mass is 193 g/mol. The van der Waals surface area contributed by atoms with Crippen LogP contribution in [0.4, 0.5) is 0 Å². The van der Waals surface area contributed by atoms with E-state index in [4.69, 9.17) is 4.74 Å². The molecule has 0 aliphatic rings. The Balaban J connectivity index is 2.97. The largest absolute Gasteiger partial charge is 0.383 e. The van der Waals surface area contributed by atoms with Crippen molar-refractivity contribution < 1.29 is 4.74 Å². The second-order valence-corrected chi connectivity index (χ2v) is 3.59. The van der Waals surface area contributed by atoms with Crippen molar-refractivity contribution in [1.29, 1.82) is 0 Å². The van der Waals surface area contributed by atoms with Crippen molar-refractivity contribution in [2.75, 3.05) is 20.8 Å². The molecule has 1 N–H and O–H groups in total. The van der Waals surface area contributed by atoms with Gasteiger partial charge in [0.15, 0.2) is 0 Å². The zero-order chi connectivity index (χ0) is 10.6. The molecule has 1 atom stereocenters. The second kappa shape index (κ2) is 5.13. The third-order valence-corrected chi connectivity index (χ3v) is 2.70. The topological polar surface area (TPSA) is 21.3 Å². The van der Waals surface area contributed by atoms with Crippen LogP contribution in [0.15, 0.2) is 18.2 Å². The average Bonchev–Trinajstić information content (AvgIpc) is 2.19. The number of nitrogens with one attached hydrogen (secondary N) is 1. The Morgan fingerprint density at radius 3 is 2.64 bits per heavy atom. The van der Waals surface area contributed by atoms with Crippen LogP contribution in [0.2, 0.25) is 0 Å². The molecule has 78 valence electrons. The molecule has 0 saturated carbocycles. The molecule has 1 rings (SSSR count). The van der Waals surface area contributed by atoms with Crippen LogP contribution in [-0.4, -0.2) is 20.8 Å². The van der Waals surface area contributed by atoms with Gasteiger partial charge in [-0.2, -0.15) is 0 Å². The molecule has 0 aliphatic heterocycles. The second-order valence-electron chi connectivity index (χ2n) is 3.59. The van der Waals surface area contributed by atoms with Gasteiger partial charge in [-0.05, 0) is 37.6 Å². The van der Waals surface area contributed by atoms with Crippen molar-refractivity contribution >= 4 is 0 Å². The van der Waals surface area contributed by atoms with Crippen molar-refractivity contribution in [3.63, 3.8) is 0 Å². The lowest BCUT2D eigenvalue weighted by Crippen LogP contribution is -2.22. The van der Waals surface area contributed by atoms with Crippen LogP contribution in [0.5, 0.6) is 0 Å². The quantitative estimate of drug-likeness (QED) is 0.791. The van der Waals surface area contributed by atoms with E-state index < -0.39 is 0 Å². The van der Waals surface area contributed by atoms with Crippen molar-refractivity contribution in [3.05, 3.63) is 34.9 Å². The molecule has 0 aromatic heterocycles. The van der Waals surface area contributed by atoms with E-state index in [2.05, 4.69) is 37.4 Å². The van der Waals surface area contributed by atoms with E-state index in [-0.39, 0.29) is 0 Å². The Bertz CT molecular complexity index is 296. The van der Waals surface area contributed by atoms with Crippen molar-refractivity contribution in [3.8, 4) is 0 Å². The highest BCUT2D eigenvalue weighted by Gasteiger charge is 2.11. The Morgan fingerprint density at radius 2 is 2.07 bits per heavy atom. The van der Waals surface area contributed by atoms with Gasteiger partial charge < -0.3 is 10.1 Å². The zero-order valence-electron chi connectivity index (χ0n) is 9.42. The molecule has 14 heavy (non-hydrogen) atoms. The molecule has 0 radical (unpaired) electrons. The molecule has 1 unspecified atom stereocenters. The first-order chi connectivity index (χ1) is 6.70. The lowest BCUT2D eigenvalue weighted by atomic mass is 9.98. The normalized spacial score (nSPS) is 12.9. The first-order valence-electron chi connectivity index (χ1n) is 4.93. The summed E-state index contributed by atoms with van der Waals surface area (Å²) in [6.45, 7) is 5.00. The summed E-state index contributed by atoms with van der Waals surface area (Å²) in [7, 11) is 3.70. The smallest absolute Gasteiger partial charge is 0.0657 e. The lowest BCUT2D eigenvalue weighted by molar-refractivity contribution is 0.170. The van der Waals surface area contributed by atoms with Crippen LogP contribution in [0.25, 0.3) is 0 Å². The SMILES string of the molecule is CNC(COC)c1cccc(C)c1C. The number of likely N-dealkylation sites (N-methyl/N-ethyl adjacent to an activating group) is 1. The molecule has 0 fully saturated rings. The lowest BCUT2D eigenvalue weighted by Gasteiger charge is -2.18. The number of benzene rings is 1. The Labute approximate surface area is 86.3 Å². The molecule has 0 heterocycles. The van der Waals surface area contributed by atoms with Gasteiger partial charge in [-0.15, -0.1) is 0 Å². The summed E-state index contributed by atoms with van der Waals surface area (Å²) in [5.41, 5.74) is 4.01. The first-order valence-corrected chi connectivity index (χ1v) is 4.93.